The van der Waals surface area contributed by atoms with Gasteiger partial charge in [-0.3, -0.25) is 4.68 Å². The van der Waals surface area contributed by atoms with Crippen molar-refractivity contribution in [2.45, 2.75) is 6.18 Å². The molecule has 3 rings (SSSR count). The van der Waals surface area contributed by atoms with Crippen molar-refractivity contribution >= 4 is 17.6 Å². The normalized spacial score (nSPS) is 11.7. The number of alkyl halides is 3. The third-order valence-corrected chi connectivity index (χ3v) is 4.34. The molecule has 0 fully saturated rings. The fourth-order valence-electron chi connectivity index (χ4n) is 2.84. The molecular weight excluding hydrogens is 407 g/mol. The van der Waals surface area contributed by atoms with Gasteiger partial charge in [0.25, 0.3) is 0 Å². The number of aromatic nitrogens is 2. The molecule has 0 amide bonds. The van der Waals surface area contributed by atoms with E-state index >= 15 is 0 Å². The van der Waals surface area contributed by atoms with Crippen molar-refractivity contribution in [3.8, 4) is 22.4 Å². The van der Waals surface area contributed by atoms with E-state index < -0.39 is 46.2 Å². The molecule has 0 aliphatic rings. The predicted molar refractivity (Wildman–Crippen MR) is 91.0 cm³/mol. The Morgan fingerprint density at radius 3 is 2.25 bits per heavy atom. The smallest absolute Gasteiger partial charge is 0.416 e. The Morgan fingerprint density at radius 1 is 1.11 bits per heavy atom. The molecule has 0 bridgehead atoms. The third kappa shape index (κ3) is 3.33. The van der Waals surface area contributed by atoms with Crippen LogP contribution >= 0.6 is 11.6 Å². The number of hydrogen-bond donors (Lipinski definition) is 1. The molecule has 146 valence electrons. The first-order valence-corrected chi connectivity index (χ1v) is 8.02. The second-order valence-electron chi connectivity index (χ2n) is 5.79. The first-order chi connectivity index (χ1) is 13.0. The number of carboxylic acids is 1. The molecule has 0 aliphatic carbocycles. The zero-order valence-electron chi connectivity index (χ0n) is 14.0. The Morgan fingerprint density at radius 2 is 1.71 bits per heavy atom. The molecule has 0 saturated heterocycles. The molecule has 28 heavy (non-hydrogen) atoms. The molecule has 0 atom stereocenters. The zero-order chi connectivity index (χ0) is 20.8. The van der Waals surface area contributed by atoms with Gasteiger partial charge < -0.3 is 5.11 Å². The quantitative estimate of drug-likeness (QED) is 0.581. The maximum absolute atomic E-state index is 14.4. The molecule has 2 aromatic carbocycles. The van der Waals surface area contributed by atoms with Gasteiger partial charge in [0.15, 0.2) is 5.69 Å². The first kappa shape index (κ1) is 19.8. The highest BCUT2D eigenvalue weighted by Crippen LogP contribution is 2.42. The van der Waals surface area contributed by atoms with Crippen molar-refractivity contribution in [1.29, 1.82) is 0 Å². The number of carbonyl (C=O) groups is 1. The van der Waals surface area contributed by atoms with Gasteiger partial charge in [0.2, 0.25) is 0 Å². The van der Waals surface area contributed by atoms with Crippen molar-refractivity contribution in [3.05, 3.63) is 64.3 Å². The summed E-state index contributed by atoms with van der Waals surface area (Å²) < 4.78 is 69.0. The van der Waals surface area contributed by atoms with Gasteiger partial charge in [-0.05, 0) is 30.3 Å². The fraction of sp³-hybridized carbons (Fsp3) is 0.111. The predicted octanol–water partition coefficient (Wildman–Crippen LogP) is 5.40. The SMILES string of the molecule is Cn1nc(C(=O)O)c(-c2c(F)cccc2F)c1-c1cc(C(F)(F)F)ccc1Cl. The molecule has 1 heterocycles. The van der Waals surface area contributed by atoms with E-state index in [1.54, 1.807) is 0 Å². The van der Waals surface area contributed by atoms with Gasteiger partial charge in [0, 0.05) is 23.2 Å². The summed E-state index contributed by atoms with van der Waals surface area (Å²) in [6.45, 7) is 0. The molecule has 3 aromatic rings. The summed E-state index contributed by atoms with van der Waals surface area (Å²) in [4.78, 5) is 11.6. The maximum atomic E-state index is 14.4. The van der Waals surface area contributed by atoms with Crippen LogP contribution in [0.1, 0.15) is 16.1 Å². The highest BCUT2D eigenvalue weighted by Gasteiger charge is 2.33. The number of hydrogen-bond acceptors (Lipinski definition) is 2. The highest BCUT2D eigenvalue weighted by atomic mass is 35.5. The number of nitrogens with zero attached hydrogens (tertiary/aromatic N) is 2. The average molecular weight is 417 g/mol. The summed E-state index contributed by atoms with van der Waals surface area (Å²) >= 11 is 6.04. The number of carboxylic acid groups (broad SMARTS) is 1. The Kier molecular flexibility index (Phi) is 4.88. The Hall–Kier alpha value is -2.94. The van der Waals surface area contributed by atoms with Gasteiger partial charge in [0.1, 0.15) is 11.6 Å². The maximum Gasteiger partial charge on any atom is 0.416 e. The second-order valence-corrected chi connectivity index (χ2v) is 6.20. The summed E-state index contributed by atoms with van der Waals surface area (Å²) in [5.41, 5.74) is -3.56. The molecule has 0 spiro atoms. The molecule has 0 aliphatic heterocycles. The van der Waals surface area contributed by atoms with Crippen LogP contribution in [0.2, 0.25) is 5.02 Å². The lowest BCUT2D eigenvalue weighted by molar-refractivity contribution is -0.137. The molecule has 1 aromatic heterocycles. The van der Waals surface area contributed by atoms with Gasteiger partial charge in [0.05, 0.1) is 16.8 Å². The van der Waals surface area contributed by atoms with Crippen molar-refractivity contribution in [2.75, 3.05) is 0 Å². The van der Waals surface area contributed by atoms with Gasteiger partial charge in [-0.25, -0.2) is 13.6 Å². The Labute approximate surface area is 159 Å². The van der Waals surface area contributed by atoms with Gasteiger partial charge in [-0.15, -0.1) is 0 Å². The van der Waals surface area contributed by atoms with Crippen LogP contribution in [0.5, 0.6) is 0 Å². The van der Waals surface area contributed by atoms with Crippen LogP contribution in [0.3, 0.4) is 0 Å². The second kappa shape index (κ2) is 6.90. The van der Waals surface area contributed by atoms with Crippen molar-refractivity contribution in [1.82, 2.24) is 9.78 Å². The molecule has 1 N–H and O–H groups in total. The van der Waals surface area contributed by atoms with Gasteiger partial charge in [-0.1, -0.05) is 17.7 Å². The van der Waals surface area contributed by atoms with E-state index in [0.717, 1.165) is 35.0 Å². The number of rotatable bonds is 3. The minimum atomic E-state index is -4.71. The first-order valence-electron chi connectivity index (χ1n) is 7.64. The lowest BCUT2D eigenvalue weighted by Crippen LogP contribution is -2.06. The largest absolute Gasteiger partial charge is 0.476 e. The number of benzene rings is 2. The third-order valence-electron chi connectivity index (χ3n) is 4.01. The molecule has 0 radical (unpaired) electrons. The van der Waals surface area contributed by atoms with Crippen LogP contribution in [-0.4, -0.2) is 20.9 Å². The van der Waals surface area contributed by atoms with Crippen LogP contribution in [0.15, 0.2) is 36.4 Å². The van der Waals surface area contributed by atoms with Crippen molar-refractivity contribution in [2.24, 2.45) is 7.05 Å². The lowest BCUT2D eigenvalue weighted by Gasteiger charge is -2.13. The minimum absolute atomic E-state index is 0.175. The van der Waals surface area contributed by atoms with E-state index in [0.29, 0.717) is 6.07 Å². The van der Waals surface area contributed by atoms with Crippen LogP contribution in [0, 0.1) is 11.6 Å². The van der Waals surface area contributed by atoms with E-state index in [2.05, 4.69) is 5.10 Å². The number of aryl methyl sites for hydroxylation is 1. The topological polar surface area (TPSA) is 55.1 Å². The molecular formula is C18H10ClF5N2O2. The van der Waals surface area contributed by atoms with E-state index in [1.807, 2.05) is 0 Å². The van der Waals surface area contributed by atoms with E-state index in [4.69, 9.17) is 11.6 Å². The van der Waals surface area contributed by atoms with Gasteiger partial charge >= 0.3 is 12.1 Å². The van der Waals surface area contributed by atoms with Gasteiger partial charge in [-0.2, -0.15) is 18.3 Å². The van der Waals surface area contributed by atoms with E-state index in [-0.39, 0.29) is 16.3 Å². The van der Waals surface area contributed by atoms with Crippen LogP contribution in [0.4, 0.5) is 22.0 Å². The summed E-state index contributed by atoms with van der Waals surface area (Å²) in [5, 5.41) is 13.0. The Balaban J connectivity index is 2.43. The molecule has 0 saturated carbocycles. The molecule has 4 nitrogen and oxygen atoms in total. The average Bonchev–Trinajstić information content (AvgIpc) is 2.91. The number of halogens is 6. The van der Waals surface area contributed by atoms with Crippen LogP contribution in [-0.2, 0) is 13.2 Å². The van der Waals surface area contributed by atoms with E-state index in [9.17, 15) is 31.9 Å². The molecule has 0 unspecified atom stereocenters. The van der Waals surface area contributed by atoms with Crippen molar-refractivity contribution < 1.29 is 31.9 Å². The fourth-order valence-corrected chi connectivity index (χ4v) is 3.05. The summed E-state index contributed by atoms with van der Waals surface area (Å²) in [5.74, 6) is -3.80. The van der Waals surface area contributed by atoms with E-state index in [1.165, 1.54) is 7.05 Å². The molecule has 10 heteroatoms. The van der Waals surface area contributed by atoms with Crippen LogP contribution < -0.4 is 0 Å². The summed E-state index contributed by atoms with van der Waals surface area (Å²) in [6, 6.07) is 5.25. The van der Waals surface area contributed by atoms with Crippen molar-refractivity contribution in [3.63, 3.8) is 0 Å². The number of aromatic carboxylic acids is 1. The Bertz CT molecular complexity index is 1070. The standard InChI is InChI=1S/C18H10ClF5N2O2/c1-26-16(9-7-8(18(22,23)24)5-6-10(9)19)14(15(25-26)17(27)28)13-11(20)3-2-4-12(13)21/h2-7H,1H3,(H,27,28). The summed E-state index contributed by atoms with van der Waals surface area (Å²) in [6.07, 6.45) is -4.71. The lowest BCUT2D eigenvalue weighted by atomic mass is 9.96. The zero-order valence-corrected chi connectivity index (χ0v) is 14.7. The summed E-state index contributed by atoms with van der Waals surface area (Å²) in [7, 11) is 1.24. The van der Waals surface area contributed by atoms with Crippen LogP contribution in [0.25, 0.3) is 22.4 Å². The minimum Gasteiger partial charge on any atom is -0.476 e. The highest BCUT2D eigenvalue weighted by molar-refractivity contribution is 6.33. The monoisotopic (exact) mass is 416 g/mol.